The third kappa shape index (κ3) is 3.50. The first-order chi connectivity index (χ1) is 9.68. The number of pyridine rings is 1. The Morgan fingerprint density at radius 2 is 2.30 bits per heavy atom. The Morgan fingerprint density at radius 3 is 3.05 bits per heavy atom. The number of nitriles is 1. The number of thioether (sulfide) groups is 1. The molecule has 1 atom stereocenters. The van der Waals surface area contributed by atoms with Crippen LogP contribution < -0.4 is 5.32 Å². The molecule has 0 bridgehead atoms. The molecule has 106 valence electrons. The molecule has 0 saturated heterocycles. The van der Waals surface area contributed by atoms with Crippen LogP contribution in [0.15, 0.2) is 29.6 Å². The van der Waals surface area contributed by atoms with Crippen LogP contribution in [0.25, 0.3) is 5.65 Å². The quantitative estimate of drug-likeness (QED) is 0.626. The monoisotopic (exact) mass is 289 g/mol. The number of aromatic nitrogens is 3. The van der Waals surface area contributed by atoms with Gasteiger partial charge in [0.15, 0.2) is 10.8 Å². The van der Waals surface area contributed by atoms with E-state index >= 15 is 0 Å². The van der Waals surface area contributed by atoms with E-state index in [1.54, 1.807) is 11.8 Å². The predicted octanol–water partition coefficient (Wildman–Crippen LogP) is 2.49. The van der Waals surface area contributed by atoms with E-state index in [2.05, 4.69) is 21.6 Å². The van der Waals surface area contributed by atoms with E-state index in [-0.39, 0.29) is 0 Å². The topological polar surface area (TPSA) is 66.0 Å². The van der Waals surface area contributed by atoms with Gasteiger partial charge in [0.1, 0.15) is 5.54 Å². The van der Waals surface area contributed by atoms with Gasteiger partial charge >= 0.3 is 0 Å². The minimum atomic E-state index is -0.428. The smallest absolute Gasteiger partial charge is 0.195 e. The van der Waals surface area contributed by atoms with Gasteiger partial charge in [-0.3, -0.25) is 9.72 Å². The van der Waals surface area contributed by atoms with Gasteiger partial charge in [-0.1, -0.05) is 24.8 Å². The number of nitrogens with zero attached hydrogens (tertiary/aromatic N) is 4. The first-order valence-corrected chi connectivity index (χ1v) is 7.76. The van der Waals surface area contributed by atoms with E-state index in [1.807, 2.05) is 42.6 Å². The largest absolute Gasteiger partial charge is 0.300 e. The Labute approximate surface area is 123 Å². The molecular weight excluding hydrogens is 270 g/mol. The van der Waals surface area contributed by atoms with E-state index in [9.17, 15) is 5.26 Å². The van der Waals surface area contributed by atoms with Gasteiger partial charge in [0.25, 0.3) is 0 Å². The molecule has 0 aliphatic heterocycles. The van der Waals surface area contributed by atoms with Gasteiger partial charge in [-0.15, -0.1) is 10.2 Å². The standard InChI is InChI=1S/C14H19N5S/c1-3-16-14(2,11-15)8-6-10-20-13-18-17-12-7-4-5-9-19(12)13/h4-5,7,9,16H,3,6,8,10H2,1-2H3. The number of nitrogens with one attached hydrogen (secondary N) is 1. The zero-order valence-electron chi connectivity index (χ0n) is 11.8. The summed E-state index contributed by atoms with van der Waals surface area (Å²) in [4.78, 5) is 0. The third-order valence-corrected chi connectivity index (χ3v) is 4.18. The van der Waals surface area contributed by atoms with Crippen molar-refractivity contribution in [3.63, 3.8) is 0 Å². The molecule has 0 aliphatic carbocycles. The SMILES string of the molecule is CCNC(C)(C#N)CCCSc1nnc2ccccn12. The Bertz CT molecular complexity index is 603. The molecule has 0 fully saturated rings. The Morgan fingerprint density at radius 1 is 1.45 bits per heavy atom. The molecule has 20 heavy (non-hydrogen) atoms. The maximum atomic E-state index is 9.20. The molecule has 6 heteroatoms. The highest BCUT2D eigenvalue weighted by molar-refractivity contribution is 7.99. The molecule has 0 spiro atoms. The molecule has 5 nitrogen and oxygen atoms in total. The summed E-state index contributed by atoms with van der Waals surface area (Å²) in [6.07, 6.45) is 3.76. The van der Waals surface area contributed by atoms with Gasteiger partial charge in [0, 0.05) is 11.9 Å². The van der Waals surface area contributed by atoms with Crippen LogP contribution in [0.5, 0.6) is 0 Å². The second kappa shape index (κ2) is 6.73. The summed E-state index contributed by atoms with van der Waals surface area (Å²) >= 11 is 1.68. The predicted molar refractivity (Wildman–Crippen MR) is 80.6 cm³/mol. The Hall–Kier alpha value is -1.58. The lowest BCUT2D eigenvalue weighted by atomic mass is 9.98. The summed E-state index contributed by atoms with van der Waals surface area (Å²) < 4.78 is 1.98. The third-order valence-electron chi connectivity index (χ3n) is 3.15. The van der Waals surface area contributed by atoms with E-state index in [4.69, 9.17) is 0 Å². The fraction of sp³-hybridized carbons (Fsp3) is 0.500. The molecule has 1 N–H and O–H groups in total. The van der Waals surface area contributed by atoms with Gasteiger partial charge < -0.3 is 0 Å². The van der Waals surface area contributed by atoms with Crippen LogP contribution in [0.1, 0.15) is 26.7 Å². The first kappa shape index (κ1) is 14.8. The van der Waals surface area contributed by atoms with E-state index in [1.165, 1.54) is 0 Å². The van der Waals surface area contributed by atoms with E-state index in [0.717, 1.165) is 35.9 Å². The molecular formula is C14H19N5S. The second-order valence-corrected chi connectivity index (χ2v) is 5.90. The lowest BCUT2D eigenvalue weighted by Gasteiger charge is -2.21. The molecule has 2 aromatic rings. The van der Waals surface area contributed by atoms with Crippen molar-refractivity contribution in [1.29, 1.82) is 5.26 Å². The fourth-order valence-corrected chi connectivity index (χ4v) is 2.94. The second-order valence-electron chi connectivity index (χ2n) is 4.84. The highest BCUT2D eigenvalue weighted by atomic mass is 32.2. The minimum Gasteiger partial charge on any atom is -0.300 e. The first-order valence-electron chi connectivity index (χ1n) is 6.77. The van der Waals surface area contributed by atoms with Crippen molar-refractivity contribution in [2.45, 2.75) is 37.4 Å². The average molecular weight is 289 g/mol. The van der Waals surface area contributed by atoms with Crippen LogP contribution in [0, 0.1) is 11.3 Å². The van der Waals surface area contributed by atoms with Gasteiger partial charge in [-0.25, -0.2) is 0 Å². The normalized spacial score (nSPS) is 14.1. The molecule has 0 saturated carbocycles. The van der Waals surface area contributed by atoms with Crippen LogP contribution in [-0.2, 0) is 0 Å². The number of hydrogen-bond donors (Lipinski definition) is 1. The van der Waals surface area contributed by atoms with Crippen molar-refractivity contribution in [1.82, 2.24) is 19.9 Å². The van der Waals surface area contributed by atoms with Crippen molar-refractivity contribution in [2.75, 3.05) is 12.3 Å². The summed E-state index contributed by atoms with van der Waals surface area (Å²) in [7, 11) is 0. The zero-order chi connectivity index (χ0) is 14.4. The van der Waals surface area contributed by atoms with Crippen LogP contribution >= 0.6 is 11.8 Å². The number of rotatable bonds is 7. The number of fused-ring (bicyclic) bond motifs is 1. The molecule has 2 rings (SSSR count). The van der Waals surface area contributed by atoms with Crippen molar-refractivity contribution in [2.24, 2.45) is 0 Å². The molecule has 0 aliphatic rings. The average Bonchev–Trinajstić information content (AvgIpc) is 2.87. The van der Waals surface area contributed by atoms with Crippen molar-refractivity contribution in [3.05, 3.63) is 24.4 Å². The van der Waals surface area contributed by atoms with Gasteiger partial charge in [0.2, 0.25) is 0 Å². The summed E-state index contributed by atoms with van der Waals surface area (Å²) in [6, 6.07) is 8.21. The maximum Gasteiger partial charge on any atom is 0.195 e. The van der Waals surface area contributed by atoms with E-state index < -0.39 is 5.54 Å². The molecule has 0 aromatic carbocycles. The summed E-state index contributed by atoms with van der Waals surface area (Å²) in [5.74, 6) is 0.929. The summed E-state index contributed by atoms with van der Waals surface area (Å²) in [5.41, 5.74) is 0.437. The molecule has 2 heterocycles. The number of hydrogen-bond acceptors (Lipinski definition) is 5. The lowest BCUT2D eigenvalue weighted by Crippen LogP contribution is -2.40. The molecule has 0 amide bonds. The zero-order valence-corrected chi connectivity index (χ0v) is 12.7. The van der Waals surface area contributed by atoms with Crippen LogP contribution in [0.4, 0.5) is 0 Å². The Balaban J connectivity index is 1.86. The van der Waals surface area contributed by atoms with Crippen LogP contribution in [0.2, 0.25) is 0 Å². The van der Waals surface area contributed by atoms with E-state index in [0.29, 0.717) is 0 Å². The Kier molecular flexibility index (Phi) is 4.99. The molecule has 1 unspecified atom stereocenters. The van der Waals surface area contributed by atoms with Gasteiger partial charge in [0.05, 0.1) is 6.07 Å². The maximum absolute atomic E-state index is 9.20. The van der Waals surface area contributed by atoms with Crippen molar-refractivity contribution < 1.29 is 0 Å². The summed E-state index contributed by atoms with van der Waals surface area (Å²) in [5, 5.41) is 21.6. The van der Waals surface area contributed by atoms with Gasteiger partial charge in [-0.2, -0.15) is 5.26 Å². The summed E-state index contributed by atoms with van der Waals surface area (Å²) in [6.45, 7) is 4.78. The van der Waals surface area contributed by atoms with Crippen LogP contribution in [-0.4, -0.2) is 32.4 Å². The van der Waals surface area contributed by atoms with Crippen molar-refractivity contribution >= 4 is 17.4 Å². The fourth-order valence-electron chi connectivity index (χ4n) is 2.08. The lowest BCUT2D eigenvalue weighted by molar-refractivity contribution is 0.426. The van der Waals surface area contributed by atoms with Crippen LogP contribution in [0.3, 0.4) is 0 Å². The highest BCUT2D eigenvalue weighted by Crippen LogP contribution is 2.20. The highest BCUT2D eigenvalue weighted by Gasteiger charge is 2.21. The molecule has 0 radical (unpaired) electrons. The minimum absolute atomic E-state index is 0.428. The molecule has 2 aromatic heterocycles. The van der Waals surface area contributed by atoms with Gasteiger partial charge in [-0.05, 0) is 38.4 Å². The van der Waals surface area contributed by atoms with Crippen molar-refractivity contribution in [3.8, 4) is 6.07 Å².